The second kappa shape index (κ2) is 3.23. The molecule has 0 aromatic heterocycles. The minimum absolute atomic E-state index is 0.239. The van der Waals surface area contributed by atoms with Crippen molar-refractivity contribution in [3.8, 4) is 0 Å². The van der Waals surface area contributed by atoms with Crippen LogP contribution in [0.15, 0.2) is 5.28 Å². The molecule has 0 bridgehead atoms. The number of hydrogen-bond acceptors (Lipinski definition) is 2. The molecule has 0 saturated heterocycles. The summed E-state index contributed by atoms with van der Waals surface area (Å²) in [7, 11) is 0. The summed E-state index contributed by atoms with van der Waals surface area (Å²) in [6.07, 6.45) is 0. The number of hydrogen-bond donors (Lipinski definition) is 1. The van der Waals surface area contributed by atoms with Gasteiger partial charge >= 0.3 is 0 Å². The van der Waals surface area contributed by atoms with Gasteiger partial charge in [-0.2, -0.15) is 0 Å². The second-order valence-electron chi connectivity index (χ2n) is 2.02. The lowest BCUT2D eigenvalue weighted by molar-refractivity contribution is -0.560. The molecule has 0 amide bonds. The fraction of sp³-hybridized carbons (Fsp3) is 1.00. The van der Waals surface area contributed by atoms with Gasteiger partial charge in [0.2, 0.25) is 0 Å². The first-order chi connectivity index (χ1) is 3.66. The molecule has 0 unspecified atom stereocenters. The summed E-state index contributed by atoms with van der Waals surface area (Å²) < 4.78 is 0. The Balaban J connectivity index is 3.39. The first-order valence-corrected chi connectivity index (χ1v) is 2.46. The maximum Gasteiger partial charge on any atom is 0.197 e. The van der Waals surface area contributed by atoms with Crippen molar-refractivity contribution in [3.05, 3.63) is 5.21 Å². The maximum atomic E-state index is 10.1. The molecule has 1 N–H and O–H groups in total. The molecular weight excluding hydrogens is 108 g/mol. The van der Waals surface area contributed by atoms with E-state index in [4.69, 9.17) is 5.21 Å². The van der Waals surface area contributed by atoms with Crippen LogP contribution >= 0.6 is 0 Å². The standard InChI is InChI=1S/C4H10N2O2/c1-4(2)3-6(8)5-7/h4,7H,3H2,1-2H3. The molecule has 0 aliphatic heterocycles. The van der Waals surface area contributed by atoms with Crippen molar-refractivity contribution in [1.82, 2.24) is 0 Å². The normalized spacial score (nSPS) is 12.6. The van der Waals surface area contributed by atoms with Gasteiger partial charge in [0.25, 0.3) is 0 Å². The van der Waals surface area contributed by atoms with Crippen molar-refractivity contribution in [3.63, 3.8) is 0 Å². The Morgan fingerprint density at radius 3 is 2.38 bits per heavy atom. The molecule has 0 atom stereocenters. The van der Waals surface area contributed by atoms with Crippen molar-refractivity contribution >= 4 is 0 Å². The smallest absolute Gasteiger partial charge is 0.197 e. The van der Waals surface area contributed by atoms with Gasteiger partial charge in [0.1, 0.15) is 0 Å². The molecule has 0 rings (SSSR count). The molecular formula is C4H10N2O2. The summed E-state index contributed by atoms with van der Waals surface area (Å²) in [5, 5.41) is 20.4. The average molecular weight is 118 g/mol. The summed E-state index contributed by atoms with van der Waals surface area (Å²) in [4.78, 5) is 0.255. The van der Waals surface area contributed by atoms with E-state index in [1.165, 1.54) is 0 Å². The summed E-state index contributed by atoms with van der Waals surface area (Å²) in [6, 6.07) is 0. The minimum atomic E-state index is 0.239. The van der Waals surface area contributed by atoms with Crippen LogP contribution in [0.25, 0.3) is 0 Å². The molecule has 0 aromatic rings. The Labute approximate surface area is 48.0 Å². The average Bonchev–Trinajstić information content (AvgIpc) is 1.65. The number of rotatable bonds is 2. The summed E-state index contributed by atoms with van der Waals surface area (Å²) in [6.45, 7) is 3.99. The highest BCUT2D eigenvalue weighted by Crippen LogP contribution is 1.90. The predicted molar refractivity (Wildman–Crippen MR) is 27.5 cm³/mol. The van der Waals surface area contributed by atoms with E-state index in [1.807, 2.05) is 13.8 Å². The molecule has 4 heteroatoms. The molecule has 0 saturated carbocycles. The van der Waals surface area contributed by atoms with Gasteiger partial charge in [0.05, 0.1) is 0 Å². The first-order valence-electron chi connectivity index (χ1n) is 2.46. The van der Waals surface area contributed by atoms with Crippen LogP contribution in [0.3, 0.4) is 0 Å². The molecule has 0 aromatic carbocycles. The number of hydroxylamine groups is 1. The van der Waals surface area contributed by atoms with Gasteiger partial charge in [0, 0.05) is 5.92 Å². The van der Waals surface area contributed by atoms with Gasteiger partial charge in [0.15, 0.2) is 11.8 Å². The van der Waals surface area contributed by atoms with E-state index >= 15 is 0 Å². The van der Waals surface area contributed by atoms with Crippen molar-refractivity contribution in [2.24, 2.45) is 11.2 Å². The Hall–Kier alpha value is -0.800. The van der Waals surface area contributed by atoms with Gasteiger partial charge in [-0.05, 0) is 0 Å². The van der Waals surface area contributed by atoms with E-state index in [9.17, 15) is 5.21 Å². The third-order valence-electron chi connectivity index (χ3n) is 0.621. The zero-order valence-corrected chi connectivity index (χ0v) is 5.03. The van der Waals surface area contributed by atoms with Gasteiger partial charge < -0.3 is 10.4 Å². The summed E-state index contributed by atoms with van der Waals surface area (Å²) in [5.74, 6) is 0.239. The fourth-order valence-corrected chi connectivity index (χ4v) is 0.349. The van der Waals surface area contributed by atoms with Crippen LogP contribution in [-0.4, -0.2) is 16.6 Å². The van der Waals surface area contributed by atoms with Gasteiger partial charge in [-0.3, -0.25) is 0 Å². The lowest BCUT2D eigenvalue weighted by Gasteiger charge is -1.98. The summed E-state index contributed by atoms with van der Waals surface area (Å²) >= 11 is 0. The highest BCUT2D eigenvalue weighted by molar-refractivity contribution is 4.34. The highest BCUT2D eigenvalue weighted by Gasteiger charge is 1.99. The van der Waals surface area contributed by atoms with Gasteiger partial charge in [-0.15, -0.1) is 0 Å². The predicted octanol–water partition coefficient (Wildman–Crippen LogP) is 0.994. The van der Waals surface area contributed by atoms with Crippen molar-refractivity contribution in [2.45, 2.75) is 13.8 Å². The maximum absolute atomic E-state index is 10.1. The Morgan fingerprint density at radius 1 is 1.75 bits per heavy atom. The lowest BCUT2D eigenvalue weighted by atomic mass is 10.2. The molecule has 0 spiro atoms. The van der Waals surface area contributed by atoms with Crippen LogP contribution in [0.2, 0.25) is 0 Å². The highest BCUT2D eigenvalue weighted by atomic mass is 16.6. The van der Waals surface area contributed by atoms with E-state index < -0.39 is 0 Å². The van der Waals surface area contributed by atoms with Crippen molar-refractivity contribution < 1.29 is 10.1 Å². The van der Waals surface area contributed by atoms with Crippen LogP contribution in [0.4, 0.5) is 0 Å². The number of nitrogens with zero attached hydrogens (tertiary/aromatic N) is 2. The van der Waals surface area contributed by atoms with Crippen LogP contribution in [-0.2, 0) is 0 Å². The quantitative estimate of drug-likeness (QED) is 0.334. The molecule has 0 aliphatic carbocycles. The second-order valence-corrected chi connectivity index (χ2v) is 2.02. The third-order valence-corrected chi connectivity index (χ3v) is 0.621. The molecule has 0 radical (unpaired) electrons. The molecule has 0 fully saturated rings. The van der Waals surface area contributed by atoms with Crippen LogP contribution in [0.1, 0.15) is 13.8 Å². The minimum Gasteiger partial charge on any atom is -0.597 e. The lowest BCUT2D eigenvalue weighted by Crippen LogP contribution is -2.08. The molecule has 0 heterocycles. The van der Waals surface area contributed by atoms with E-state index in [2.05, 4.69) is 5.28 Å². The third kappa shape index (κ3) is 3.39. The Bertz CT molecular complexity index is 90.0. The van der Waals surface area contributed by atoms with E-state index in [1.54, 1.807) is 0 Å². The van der Waals surface area contributed by atoms with Crippen LogP contribution in [0, 0.1) is 11.1 Å². The van der Waals surface area contributed by atoms with E-state index in [-0.39, 0.29) is 17.3 Å². The van der Waals surface area contributed by atoms with Gasteiger partial charge in [-0.25, -0.2) is 0 Å². The molecule has 48 valence electrons. The Morgan fingerprint density at radius 2 is 2.25 bits per heavy atom. The topological polar surface area (TPSA) is 58.7 Å². The molecule has 8 heavy (non-hydrogen) atoms. The van der Waals surface area contributed by atoms with Crippen LogP contribution < -0.4 is 0 Å². The Kier molecular flexibility index (Phi) is 2.91. The largest absolute Gasteiger partial charge is 0.597 e. The fourth-order valence-electron chi connectivity index (χ4n) is 0.349. The van der Waals surface area contributed by atoms with E-state index in [0.717, 1.165) is 0 Å². The van der Waals surface area contributed by atoms with Crippen molar-refractivity contribution in [1.29, 1.82) is 0 Å². The molecule has 0 aliphatic rings. The van der Waals surface area contributed by atoms with E-state index in [0.29, 0.717) is 0 Å². The zero-order chi connectivity index (χ0) is 6.57. The van der Waals surface area contributed by atoms with Crippen molar-refractivity contribution in [2.75, 3.05) is 6.54 Å². The molecule has 4 nitrogen and oxygen atoms in total. The van der Waals surface area contributed by atoms with Gasteiger partial charge in [-0.1, -0.05) is 18.7 Å². The van der Waals surface area contributed by atoms with Crippen LogP contribution in [0.5, 0.6) is 0 Å². The monoisotopic (exact) mass is 118 g/mol. The summed E-state index contributed by atoms with van der Waals surface area (Å²) in [5.41, 5.74) is 0. The zero-order valence-electron chi connectivity index (χ0n) is 5.03. The first kappa shape index (κ1) is 7.20. The SMILES string of the molecule is CC(C)C[N+]([O-])=NO.